The summed E-state index contributed by atoms with van der Waals surface area (Å²) in [6.07, 6.45) is -1.03. The lowest BCUT2D eigenvalue weighted by Crippen LogP contribution is -2.32. The molecule has 0 aliphatic heterocycles. The Labute approximate surface area is 111 Å². The molecule has 0 radical (unpaired) electrons. The number of halogens is 2. The number of rotatable bonds is 7. The van der Waals surface area contributed by atoms with E-state index in [2.05, 4.69) is 12.2 Å². The zero-order chi connectivity index (χ0) is 13.5. The van der Waals surface area contributed by atoms with E-state index in [0.717, 1.165) is 29.7 Å². The Morgan fingerprint density at radius 1 is 1.39 bits per heavy atom. The third-order valence-corrected chi connectivity index (χ3v) is 3.69. The first-order valence-corrected chi connectivity index (χ1v) is 7.14. The van der Waals surface area contributed by atoms with E-state index in [1.165, 1.54) is 0 Å². The highest BCUT2D eigenvalue weighted by Gasteiger charge is 2.14. The smallest absolute Gasteiger partial charge is 0.129 e. The molecule has 0 bridgehead atoms. The fourth-order valence-electron chi connectivity index (χ4n) is 1.55. The molecule has 102 valence electrons. The van der Waals surface area contributed by atoms with Crippen molar-refractivity contribution in [2.24, 2.45) is 0 Å². The van der Waals surface area contributed by atoms with Crippen LogP contribution in [0.4, 0.5) is 8.78 Å². The van der Waals surface area contributed by atoms with E-state index in [9.17, 15) is 13.9 Å². The van der Waals surface area contributed by atoms with Gasteiger partial charge in [0.25, 0.3) is 0 Å². The molecule has 0 aliphatic rings. The lowest BCUT2D eigenvalue weighted by molar-refractivity contribution is 0.167. The van der Waals surface area contributed by atoms with E-state index < -0.39 is 17.7 Å². The molecule has 1 aromatic carbocycles. The second-order valence-corrected chi connectivity index (χ2v) is 5.47. The van der Waals surface area contributed by atoms with Gasteiger partial charge in [0.2, 0.25) is 0 Å². The molecule has 1 rings (SSSR count). The molecule has 18 heavy (non-hydrogen) atoms. The van der Waals surface area contributed by atoms with Crippen LogP contribution in [0, 0.1) is 11.6 Å². The summed E-state index contributed by atoms with van der Waals surface area (Å²) in [4.78, 5) is 0. The topological polar surface area (TPSA) is 32.3 Å². The number of nitrogens with one attached hydrogen (secondary N) is 1. The minimum Gasteiger partial charge on any atom is -0.387 e. The molecule has 5 heteroatoms. The Morgan fingerprint density at radius 2 is 2.11 bits per heavy atom. The second kappa shape index (κ2) is 7.71. The van der Waals surface area contributed by atoms with Crippen LogP contribution in [-0.4, -0.2) is 29.2 Å². The van der Waals surface area contributed by atoms with Crippen LogP contribution in [0.2, 0.25) is 0 Å². The summed E-state index contributed by atoms with van der Waals surface area (Å²) in [6, 6.07) is 3.33. The van der Waals surface area contributed by atoms with Crippen molar-refractivity contribution in [3.63, 3.8) is 0 Å². The number of benzene rings is 1. The first-order chi connectivity index (χ1) is 8.54. The molecule has 2 unspecified atom stereocenters. The van der Waals surface area contributed by atoms with E-state index >= 15 is 0 Å². The molecule has 0 heterocycles. The summed E-state index contributed by atoms with van der Waals surface area (Å²) >= 11 is 1.79. The largest absolute Gasteiger partial charge is 0.387 e. The van der Waals surface area contributed by atoms with Crippen molar-refractivity contribution < 1.29 is 13.9 Å². The fraction of sp³-hybridized carbons (Fsp3) is 0.538. The van der Waals surface area contributed by atoms with Crippen molar-refractivity contribution in [2.45, 2.75) is 26.0 Å². The van der Waals surface area contributed by atoms with Crippen molar-refractivity contribution in [3.05, 3.63) is 35.4 Å². The predicted molar refractivity (Wildman–Crippen MR) is 71.8 cm³/mol. The second-order valence-electron chi connectivity index (χ2n) is 4.15. The zero-order valence-electron chi connectivity index (χ0n) is 10.6. The maximum absolute atomic E-state index is 13.4. The molecule has 0 aromatic heterocycles. The highest BCUT2D eigenvalue weighted by atomic mass is 32.2. The lowest BCUT2D eigenvalue weighted by Gasteiger charge is -2.17. The number of aliphatic hydroxyl groups is 1. The fourth-order valence-corrected chi connectivity index (χ4v) is 2.25. The van der Waals surface area contributed by atoms with Crippen molar-refractivity contribution >= 4 is 11.8 Å². The van der Waals surface area contributed by atoms with Crippen LogP contribution in [0.25, 0.3) is 0 Å². The van der Waals surface area contributed by atoms with Crippen molar-refractivity contribution in [1.29, 1.82) is 0 Å². The molecule has 0 saturated carbocycles. The molecule has 2 N–H and O–H groups in total. The molecular formula is C13H19F2NOS. The minimum atomic E-state index is -1.03. The molecular weight excluding hydrogens is 256 g/mol. The van der Waals surface area contributed by atoms with E-state index in [0.29, 0.717) is 0 Å². The van der Waals surface area contributed by atoms with Gasteiger partial charge in [0.1, 0.15) is 11.6 Å². The van der Waals surface area contributed by atoms with Gasteiger partial charge >= 0.3 is 0 Å². The van der Waals surface area contributed by atoms with Gasteiger partial charge < -0.3 is 10.4 Å². The van der Waals surface area contributed by atoms with Gasteiger partial charge in [-0.3, -0.25) is 0 Å². The Hall–Kier alpha value is -0.650. The summed E-state index contributed by atoms with van der Waals surface area (Å²) in [5, 5.41) is 12.9. The average molecular weight is 275 g/mol. The van der Waals surface area contributed by atoms with Crippen LogP contribution in [0.3, 0.4) is 0 Å². The van der Waals surface area contributed by atoms with Crippen LogP contribution >= 0.6 is 11.8 Å². The van der Waals surface area contributed by atoms with Gasteiger partial charge in [0.05, 0.1) is 6.10 Å². The number of hydrogen-bond acceptors (Lipinski definition) is 3. The van der Waals surface area contributed by atoms with Crippen LogP contribution in [-0.2, 0) is 0 Å². The average Bonchev–Trinajstić information content (AvgIpc) is 2.36. The minimum absolute atomic E-state index is 0.00200. The first-order valence-electron chi connectivity index (χ1n) is 5.98. The summed E-state index contributed by atoms with van der Waals surface area (Å²) in [5.74, 6) is 0.836. The SMILES string of the molecule is CCSCC(C)NCC(O)c1cc(F)ccc1F. The molecule has 0 amide bonds. The van der Waals surface area contributed by atoms with Gasteiger partial charge in [0.15, 0.2) is 0 Å². The van der Waals surface area contributed by atoms with Gasteiger partial charge in [-0.25, -0.2) is 8.78 Å². The van der Waals surface area contributed by atoms with Crippen molar-refractivity contribution in [2.75, 3.05) is 18.1 Å². The molecule has 0 fully saturated rings. The first kappa shape index (κ1) is 15.4. The molecule has 2 nitrogen and oxygen atoms in total. The van der Waals surface area contributed by atoms with E-state index in [-0.39, 0.29) is 18.2 Å². The standard InChI is InChI=1S/C13H19F2NOS/c1-3-18-8-9(2)16-7-13(17)11-6-10(14)4-5-12(11)15/h4-6,9,13,16-17H,3,7-8H2,1-2H3. The number of thioether (sulfide) groups is 1. The van der Waals surface area contributed by atoms with Gasteiger partial charge in [-0.05, 0) is 30.9 Å². The predicted octanol–water partition coefficient (Wildman–Crippen LogP) is 2.73. The maximum Gasteiger partial charge on any atom is 0.129 e. The summed E-state index contributed by atoms with van der Waals surface area (Å²) in [6.45, 7) is 4.29. The normalized spacial score (nSPS) is 14.5. The molecule has 2 atom stereocenters. The Bertz CT molecular complexity index is 376. The van der Waals surface area contributed by atoms with Gasteiger partial charge in [-0.1, -0.05) is 6.92 Å². The van der Waals surface area contributed by atoms with Crippen LogP contribution in [0.1, 0.15) is 25.5 Å². The summed E-state index contributed by atoms with van der Waals surface area (Å²) < 4.78 is 26.4. The third kappa shape index (κ3) is 4.92. The highest BCUT2D eigenvalue weighted by molar-refractivity contribution is 7.99. The van der Waals surface area contributed by atoms with E-state index in [4.69, 9.17) is 0 Å². The monoisotopic (exact) mass is 275 g/mol. The van der Waals surface area contributed by atoms with Crippen LogP contribution in [0.15, 0.2) is 18.2 Å². The van der Waals surface area contributed by atoms with Crippen molar-refractivity contribution in [1.82, 2.24) is 5.32 Å². The number of aliphatic hydroxyl groups excluding tert-OH is 1. The van der Waals surface area contributed by atoms with E-state index in [1.54, 1.807) is 11.8 Å². The van der Waals surface area contributed by atoms with Crippen LogP contribution < -0.4 is 5.32 Å². The van der Waals surface area contributed by atoms with E-state index in [1.807, 2.05) is 6.92 Å². The molecule has 1 aromatic rings. The Balaban J connectivity index is 2.49. The van der Waals surface area contributed by atoms with Crippen molar-refractivity contribution in [3.8, 4) is 0 Å². The van der Waals surface area contributed by atoms with Gasteiger partial charge in [0, 0.05) is 23.9 Å². The quantitative estimate of drug-likeness (QED) is 0.802. The molecule has 0 aliphatic carbocycles. The molecule has 0 spiro atoms. The maximum atomic E-state index is 13.4. The summed E-state index contributed by atoms with van der Waals surface area (Å²) in [7, 11) is 0. The van der Waals surface area contributed by atoms with Gasteiger partial charge in [-0.15, -0.1) is 0 Å². The van der Waals surface area contributed by atoms with Crippen LogP contribution in [0.5, 0.6) is 0 Å². The lowest BCUT2D eigenvalue weighted by atomic mass is 10.1. The zero-order valence-corrected chi connectivity index (χ0v) is 11.4. The Morgan fingerprint density at radius 3 is 2.78 bits per heavy atom. The molecule has 0 saturated heterocycles. The number of hydrogen-bond donors (Lipinski definition) is 2. The van der Waals surface area contributed by atoms with Gasteiger partial charge in [-0.2, -0.15) is 11.8 Å². The third-order valence-electron chi connectivity index (χ3n) is 2.55. The Kier molecular flexibility index (Phi) is 6.60. The summed E-state index contributed by atoms with van der Waals surface area (Å²) in [5.41, 5.74) is -0.00200. The highest BCUT2D eigenvalue weighted by Crippen LogP contribution is 2.17.